The van der Waals surface area contributed by atoms with Crippen molar-refractivity contribution in [1.29, 1.82) is 0 Å². The van der Waals surface area contributed by atoms with Gasteiger partial charge in [-0.15, -0.1) is 0 Å². The normalized spacial score (nSPS) is 28.6. The number of piperidine rings is 1. The Kier molecular flexibility index (Phi) is 5.39. The first-order valence-electron chi connectivity index (χ1n) is 8.81. The van der Waals surface area contributed by atoms with E-state index in [1.54, 1.807) is 4.90 Å². The zero-order valence-corrected chi connectivity index (χ0v) is 15.0. The molecule has 3 rings (SSSR count). The van der Waals surface area contributed by atoms with Crippen molar-refractivity contribution in [3.63, 3.8) is 0 Å². The molecule has 1 aromatic rings. The maximum atomic E-state index is 13.0. The van der Waals surface area contributed by atoms with Gasteiger partial charge in [0.25, 0.3) is 0 Å². The van der Waals surface area contributed by atoms with Gasteiger partial charge in [0.2, 0.25) is 5.91 Å². The molecule has 0 aromatic heterocycles. The van der Waals surface area contributed by atoms with Crippen LogP contribution in [0, 0.1) is 5.92 Å². The van der Waals surface area contributed by atoms with Gasteiger partial charge >= 0.3 is 12.4 Å². The average molecular weight is 410 g/mol. The summed E-state index contributed by atoms with van der Waals surface area (Å²) in [4.78, 5) is 13.7. The Balaban J connectivity index is 1.76. The molecule has 2 aliphatic heterocycles. The molecule has 0 radical (unpaired) electrons. The smallest absolute Gasteiger partial charge is 0.371 e. The topological polar surface area (TPSA) is 55.6 Å². The first kappa shape index (κ1) is 20.9. The second kappa shape index (κ2) is 7.22. The third-order valence-electron chi connectivity index (χ3n) is 5.38. The minimum Gasteiger partial charge on any atom is -0.371 e. The molecule has 0 spiro atoms. The number of hydrogen-bond donors (Lipinski definition) is 1. The number of amides is 1. The minimum absolute atomic E-state index is 0.0853. The van der Waals surface area contributed by atoms with Crippen molar-refractivity contribution in [1.82, 2.24) is 4.90 Å². The summed E-state index contributed by atoms with van der Waals surface area (Å²) in [6, 6.07) is 1.01. The van der Waals surface area contributed by atoms with Crippen LogP contribution in [0.2, 0.25) is 0 Å². The van der Waals surface area contributed by atoms with Crippen LogP contribution in [0.4, 0.5) is 26.3 Å². The summed E-state index contributed by atoms with van der Waals surface area (Å²) in [5, 5.41) is 0. The molecule has 4 unspecified atom stereocenters. The van der Waals surface area contributed by atoms with Crippen LogP contribution in [-0.2, 0) is 28.5 Å². The van der Waals surface area contributed by atoms with Gasteiger partial charge in [0.1, 0.15) is 0 Å². The molecule has 4 nitrogen and oxygen atoms in total. The lowest BCUT2D eigenvalue weighted by atomic mass is 9.91. The van der Waals surface area contributed by atoms with Gasteiger partial charge in [-0.05, 0) is 30.2 Å². The third-order valence-corrected chi connectivity index (χ3v) is 5.38. The Labute approximate surface area is 157 Å². The summed E-state index contributed by atoms with van der Waals surface area (Å²) in [6.07, 6.45) is -9.48. The molecule has 4 atom stereocenters. The summed E-state index contributed by atoms with van der Waals surface area (Å²) in [5.41, 5.74) is 2.90. The molecule has 0 bridgehead atoms. The highest BCUT2D eigenvalue weighted by atomic mass is 19.4. The van der Waals surface area contributed by atoms with E-state index in [2.05, 4.69) is 0 Å². The van der Waals surface area contributed by atoms with Crippen LogP contribution < -0.4 is 5.73 Å². The number of fused-ring (bicyclic) bond motifs is 1. The Bertz CT molecular complexity index is 716. The molecular formula is C18H20F6N2O2. The lowest BCUT2D eigenvalue weighted by Crippen LogP contribution is -2.48. The number of rotatable bonds is 3. The van der Waals surface area contributed by atoms with E-state index in [-0.39, 0.29) is 48.5 Å². The van der Waals surface area contributed by atoms with Crippen LogP contribution in [0.5, 0.6) is 0 Å². The van der Waals surface area contributed by atoms with E-state index >= 15 is 0 Å². The van der Waals surface area contributed by atoms with E-state index in [0.717, 1.165) is 0 Å². The van der Waals surface area contributed by atoms with E-state index in [1.807, 2.05) is 6.92 Å². The number of carbonyl (C=O) groups is 1. The molecule has 1 amide bonds. The summed E-state index contributed by atoms with van der Waals surface area (Å²) in [6.45, 7) is 1.68. The molecule has 2 fully saturated rings. The first-order valence-corrected chi connectivity index (χ1v) is 8.81. The Hall–Kier alpha value is -1.81. The fourth-order valence-corrected chi connectivity index (χ4v) is 3.90. The lowest BCUT2D eigenvalue weighted by Gasteiger charge is -2.34. The van der Waals surface area contributed by atoms with E-state index in [9.17, 15) is 31.1 Å². The molecule has 2 saturated heterocycles. The average Bonchev–Trinajstić information content (AvgIpc) is 2.88. The van der Waals surface area contributed by atoms with Crippen molar-refractivity contribution in [3.8, 4) is 0 Å². The van der Waals surface area contributed by atoms with Gasteiger partial charge < -0.3 is 15.4 Å². The second-order valence-corrected chi connectivity index (χ2v) is 7.44. The summed E-state index contributed by atoms with van der Waals surface area (Å²) in [7, 11) is 0. The zero-order valence-electron chi connectivity index (χ0n) is 15.0. The highest BCUT2D eigenvalue weighted by Gasteiger charge is 2.45. The molecule has 10 heteroatoms. The van der Waals surface area contributed by atoms with Gasteiger partial charge in [0.15, 0.2) is 0 Å². The highest BCUT2D eigenvalue weighted by Crippen LogP contribution is 2.37. The third kappa shape index (κ3) is 4.27. The van der Waals surface area contributed by atoms with Crippen molar-refractivity contribution in [2.45, 2.75) is 56.9 Å². The van der Waals surface area contributed by atoms with Crippen LogP contribution in [0.3, 0.4) is 0 Å². The molecule has 2 aliphatic rings. The van der Waals surface area contributed by atoms with Gasteiger partial charge in [-0.25, -0.2) is 0 Å². The van der Waals surface area contributed by atoms with Crippen molar-refractivity contribution in [2.75, 3.05) is 6.54 Å². The molecule has 2 heterocycles. The highest BCUT2D eigenvalue weighted by molar-refractivity contribution is 5.78. The molecule has 156 valence electrons. The van der Waals surface area contributed by atoms with Crippen molar-refractivity contribution < 1.29 is 35.9 Å². The van der Waals surface area contributed by atoms with Gasteiger partial charge in [0.05, 0.1) is 23.8 Å². The second-order valence-electron chi connectivity index (χ2n) is 7.44. The Morgan fingerprint density at radius 2 is 1.68 bits per heavy atom. The number of benzene rings is 1. The Morgan fingerprint density at radius 1 is 1.11 bits per heavy atom. The van der Waals surface area contributed by atoms with Crippen molar-refractivity contribution >= 4 is 5.91 Å². The molecule has 1 aromatic carbocycles. The van der Waals surface area contributed by atoms with E-state index in [1.165, 1.54) is 0 Å². The number of halogens is 6. The standard InChI is InChI=1S/C18H20F6N2O2/c1-9-14-5-13(25)6-16(27)26(14)7-15(9)28-8-10-2-11(17(19,20)21)4-12(3-10)18(22,23)24/h2-4,9,13-15H,5-8,25H2,1H3. The molecular weight excluding hydrogens is 390 g/mol. The number of hydrogen-bond acceptors (Lipinski definition) is 3. The van der Waals surface area contributed by atoms with Gasteiger partial charge in [-0.3, -0.25) is 4.79 Å². The number of alkyl halides is 6. The maximum absolute atomic E-state index is 13.0. The lowest BCUT2D eigenvalue weighted by molar-refractivity contribution is -0.143. The van der Waals surface area contributed by atoms with Crippen LogP contribution >= 0.6 is 0 Å². The predicted octanol–water partition coefficient (Wildman–Crippen LogP) is 3.58. The Morgan fingerprint density at radius 3 is 2.21 bits per heavy atom. The van der Waals surface area contributed by atoms with Crippen molar-refractivity contribution in [3.05, 3.63) is 34.9 Å². The number of nitrogens with zero attached hydrogens (tertiary/aromatic N) is 1. The largest absolute Gasteiger partial charge is 0.416 e. The van der Waals surface area contributed by atoms with Crippen LogP contribution in [0.25, 0.3) is 0 Å². The summed E-state index contributed by atoms with van der Waals surface area (Å²) >= 11 is 0. The van der Waals surface area contributed by atoms with E-state index in [4.69, 9.17) is 10.5 Å². The first-order chi connectivity index (χ1) is 12.9. The molecule has 0 aliphatic carbocycles. The summed E-state index contributed by atoms with van der Waals surface area (Å²) < 4.78 is 83.4. The molecule has 2 N–H and O–H groups in total. The molecule has 28 heavy (non-hydrogen) atoms. The number of carbonyl (C=O) groups excluding carboxylic acids is 1. The van der Waals surface area contributed by atoms with E-state index in [0.29, 0.717) is 18.6 Å². The van der Waals surface area contributed by atoms with Crippen molar-refractivity contribution in [2.24, 2.45) is 11.7 Å². The van der Waals surface area contributed by atoms with E-state index < -0.39 is 36.2 Å². The quantitative estimate of drug-likeness (QED) is 0.776. The van der Waals surface area contributed by atoms with Gasteiger partial charge in [-0.2, -0.15) is 26.3 Å². The van der Waals surface area contributed by atoms with Crippen LogP contribution in [-0.4, -0.2) is 35.5 Å². The minimum atomic E-state index is -4.90. The van der Waals surface area contributed by atoms with Gasteiger partial charge in [-0.1, -0.05) is 6.92 Å². The monoisotopic (exact) mass is 410 g/mol. The number of ether oxygens (including phenoxy) is 1. The van der Waals surface area contributed by atoms with Gasteiger partial charge in [0, 0.05) is 31.0 Å². The predicted molar refractivity (Wildman–Crippen MR) is 86.9 cm³/mol. The fourth-order valence-electron chi connectivity index (χ4n) is 3.90. The summed E-state index contributed by atoms with van der Waals surface area (Å²) in [5.74, 6) is -0.233. The van der Waals surface area contributed by atoms with Crippen LogP contribution in [0.15, 0.2) is 18.2 Å². The fraction of sp³-hybridized carbons (Fsp3) is 0.611. The van der Waals surface area contributed by atoms with Crippen LogP contribution in [0.1, 0.15) is 36.5 Å². The number of nitrogens with two attached hydrogens (primary N) is 1. The SMILES string of the molecule is CC1C(OCc2cc(C(F)(F)F)cc(C(F)(F)F)c2)CN2C(=O)CC(N)CC12. The molecule has 0 saturated carbocycles. The maximum Gasteiger partial charge on any atom is 0.416 e. The zero-order chi connectivity index (χ0) is 20.9.